The Morgan fingerprint density at radius 1 is 1.41 bits per heavy atom. The van der Waals surface area contributed by atoms with Gasteiger partial charge in [-0.3, -0.25) is 0 Å². The van der Waals surface area contributed by atoms with Crippen molar-refractivity contribution >= 4 is 0 Å². The molecule has 0 aromatic heterocycles. The first-order valence-electron chi connectivity index (χ1n) is 5.91. The second-order valence-corrected chi connectivity index (χ2v) is 4.45. The van der Waals surface area contributed by atoms with Crippen LogP contribution >= 0.6 is 0 Å². The SMILES string of the molecule is CC(N)C(OC1CCOC1)c1ccc(F)cc1. The molecule has 1 aliphatic rings. The summed E-state index contributed by atoms with van der Waals surface area (Å²) in [6, 6.07) is 6.16. The van der Waals surface area contributed by atoms with Gasteiger partial charge in [0.05, 0.1) is 18.8 Å². The van der Waals surface area contributed by atoms with Crippen LogP contribution in [-0.2, 0) is 9.47 Å². The van der Waals surface area contributed by atoms with Crippen molar-refractivity contribution in [1.29, 1.82) is 0 Å². The molecule has 0 amide bonds. The van der Waals surface area contributed by atoms with Gasteiger partial charge in [0.2, 0.25) is 0 Å². The summed E-state index contributed by atoms with van der Waals surface area (Å²) in [5.41, 5.74) is 6.84. The third-order valence-corrected chi connectivity index (χ3v) is 2.90. The number of hydrogen-bond acceptors (Lipinski definition) is 3. The van der Waals surface area contributed by atoms with Gasteiger partial charge in [0, 0.05) is 12.6 Å². The fraction of sp³-hybridized carbons (Fsp3) is 0.538. The molecule has 1 saturated heterocycles. The maximum absolute atomic E-state index is 12.9. The number of ether oxygens (including phenoxy) is 2. The molecule has 3 nitrogen and oxygen atoms in total. The molecule has 3 atom stereocenters. The van der Waals surface area contributed by atoms with Crippen molar-refractivity contribution in [2.24, 2.45) is 5.73 Å². The summed E-state index contributed by atoms with van der Waals surface area (Å²) in [4.78, 5) is 0. The Morgan fingerprint density at radius 3 is 2.65 bits per heavy atom. The minimum absolute atomic E-state index is 0.0936. The summed E-state index contributed by atoms with van der Waals surface area (Å²) >= 11 is 0. The Morgan fingerprint density at radius 2 is 2.12 bits per heavy atom. The van der Waals surface area contributed by atoms with Gasteiger partial charge in [0.25, 0.3) is 0 Å². The average Bonchev–Trinajstić information content (AvgIpc) is 2.80. The number of halogens is 1. The van der Waals surface area contributed by atoms with Crippen molar-refractivity contribution in [2.45, 2.75) is 31.6 Å². The van der Waals surface area contributed by atoms with E-state index in [0.717, 1.165) is 18.6 Å². The predicted molar refractivity (Wildman–Crippen MR) is 63.1 cm³/mol. The third-order valence-electron chi connectivity index (χ3n) is 2.90. The lowest BCUT2D eigenvalue weighted by atomic mass is 10.0. The Bertz CT molecular complexity index is 347. The van der Waals surface area contributed by atoms with Crippen LogP contribution in [0.25, 0.3) is 0 Å². The Hall–Kier alpha value is -0.970. The molecule has 1 heterocycles. The first-order chi connectivity index (χ1) is 8.16. The predicted octanol–water partition coefficient (Wildman–Crippen LogP) is 2.02. The molecular weight excluding hydrogens is 221 g/mol. The van der Waals surface area contributed by atoms with E-state index in [2.05, 4.69) is 0 Å². The zero-order chi connectivity index (χ0) is 12.3. The first-order valence-corrected chi connectivity index (χ1v) is 5.91. The smallest absolute Gasteiger partial charge is 0.123 e. The van der Waals surface area contributed by atoms with Crippen LogP contribution in [0.1, 0.15) is 25.0 Å². The maximum Gasteiger partial charge on any atom is 0.123 e. The highest BCUT2D eigenvalue weighted by Gasteiger charge is 2.24. The lowest BCUT2D eigenvalue weighted by Crippen LogP contribution is -2.30. The van der Waals surface area contributed by atoms with Crippen LogP contribution in [0, 0.1) is 5.82 Å². The van der Waals surface area contributed by atoms with Crippen LogP contribution in [0.15, 0.2) is 24.3 Å². The van der Waals surface area contributed by atoms with Gasteiger partial charge in [-0.1, -0.05) is 12.1 Å². The number of hydrogen-bond donors (Lipinski definition) is 1. The molecule has 3 unspecified atom stereocenters. The summed E-state index contributed by atoms with van der Waals surface area (Å²) in [6.07, 6.45) is 0.781. The molecule has 1 aromatic carbocycles. The van der Waals surface area contributed by atoms with Crippen LogP contribution in [0.5, 0.6) is 0 Å². The summed E-state index contributed by atoms with van der Waals surface area (Å²) in [6.45, 7) is 3.24. The topological polar surface area (TPSA) is 44.5 Å². The van der Waals surface area contributed by atoms with Crippen LogP contribution in [0.2, 0.25) is 0 Å². The first kappa shape index (κ1) is 12.5. The van der Waals surface area contributed by atoms with E-state index in [1.165, 1.54) is 12.1 Å². The Balaban J connectivity index is 2.08. The highest BCUT2D eigenvalue weighted by atomic mass is 19.1. The molecule has 94 valence electrons. The van der Waals surface area contributed by atoms with Crippen LogP contribution < -0.4 is 5.73 Å². The summed E-state index contributed by atoms with van der Waals surface area (Å²) in [5, 5.41) is 0. The van der Waals surface area contributed by atoms with Crippen LogP contribution in [-0.4, -0.2) is 25.4 Å². The lowest BCUT2D eigenvalue weighted by Gasteiger charge is -2.25. The third kappa shape index (κ3) is 3.25. The van der Waals surface area contributed by atoms with Crippen molar-refractivity contribution in [3.8, 4) is 0 Å². The molecule has 2 rings (SSSR count). The monoisotopic (exact) mass is 239 g/mol. The molecule has 1 fully saturated rings. The van der Waals surface area contributed by atoms with Gasteiger partial charge in [0.1, 0.15) is 5.82 Å². The number of nitrogens with two attached hydrogens (primary N) is 1. The second kappa shape index (κ2) is 5.58. The van der Waals surface area contributed by atoms with E-state index >= 15 is 0 Å². The fourth-order valence-corrected chi connectivity index (χ4v) is 1.99. The zero-order valence-corrected chi connectivity index (χ0v) is 9.93. The van der Waals surface area contributed by atoms with E-state index < -0.39 is 0 Å². The standard InChI is InChI=1S/C13H18FNO2/c1-9(15)13(17-12-6-7-16-8-12)10-2-4-11(14)5-3-10/h2-5,9,12-13H,6-8,15H2,1H3. The van der Waals surface area contributed by atoms with Crippen molar-refractivity contribution in [2.75, 3.05) is 13.2 Å². The average molecular weight is 239 g/mol. The van der Waals surface area contributed by atoms with Gasteiger partial charge < -0.3 is 15.2 Å². The molecule has 0 bridgehead atoms. The minimum Gasteiger partial charge on any atom is -0.379 e. The Kier molecular flexibility index (Phi) is 4.10. The maximum atomic E-state index is 12.9. The number of rotatable bonds is 4. The molecule has 2 N–H and O–H groups in total. The summed E-state index contributed by atoms with van der Waals surface area (Å²) in [7, 11) is 0. The van der Waals surface area contributed by atoms with Gasteiger partial charge in [-0.05, 0) is 31.0 Å². The summed E-state index contributed by atoms with van der Waals surface area (Å²) < 4.78 is 24.1. The minimum atomic E-state index is -0.249. The molecule has 1 aromatic rings. The van der Waals surface area contributed by atoms with E-state index in [-0.39, 0.29) is 24.1 Å². The van der Waals surface area contributed by atoms with Gasteiger partial charge in [-0.2, -0.15) is 0 Å². The molecule has 0 aliphatic carbocycles. The van der Waals surface area contributed by atoms with Crippen LogP contribution in [0.4, 0.5) is 4.39 Å². The largest absolute Gasteiger partial charge is 0.379 e. The highest BCUT2D eigenvalue weighted by molar-refractivity contribution is 5.20. The van der Waals surface area contributed by atoms with E-state index in [1.807, 2.05) is 6.92 Å². The molecular formula is C13H18FNO2. The van der Waals surface area contributed by atoms with Crippen molar-refractivity contribution < 1.29 is 13.9 Å². The molecule has 0 radical (unpaired) electrons. The van der Waals surface area contributed by atoms with E-state index in [9.17, 15) is 4.39 Å². The van der Waals surface area contributed by atoms with Crippen molar-refractivity contribution in [3.63, 3.8) is 0 Å². The normalized spacial score (nSPS) is 23.6. The molecule has 0 spiro atoms. The van der Waals surface area contributed by atoms with Crippen molar-refractivity contribution in [3.05, 3.63) is 35.6 Å². The Labute approximate surface area is 101 Å². The zero-order valence-electron chi connectivity index (χ0n) is 9.93. The number of benzene rings is 1. The molecule has 17 heavy (non-hydrogen) atoms. The molecule has 1 aliphatic heterocycles. The van der Waals surface area contributed by atoms with E-state index in [1.54, 1.807) is 12.1 Å². The van der Waals surface area contributed by atoms with E-state index in [0.29, 0.717) is 6.61 Å². The van der Waals surface area contributed by atoms with Crippen LogP contribution in [0.3, 0.4) is 0 Å². The highest BCUT2D eigenvalue weighted by Crippen LogP contribution is 2.25. The molecule has 0 saturated carbocycles. The van der Waals surface area contributed by atoms with Gasteiger partial charge >= 0.3 is 0 Å². The second-order valence-electron chi connectivity index (χ2n) is 4.45. The molecule has 4 heteroatoms. The quantitative estimate of drug-likeness (QED) is 0.874. The van der Waals surface area contributed by atoms with E-state index in [4.69, 9.17) is 15.2 Å². The van der Waals surface area contributed by atoms with Gasteiger partial charge in [0.15, 0.2) is 0 Å². The summed E-state index contributed by atoms with van der Waals surface area (Å²) in [5.74, 6) is -0.249. The lowest BCUT2D eigenvalue weighted by molar-refractivity contribution is -0.0269. The van der Waals surface area contributed by atoms with Gasteiger partial charge in [-0.25, -0.2) is 4.39 Å². The van der Waals surface area contributed by atoms with Crippen molar-refractivity contribution in [1.82, 2.24) is 0 Å². The fourth-order valence-electron chi connectivity index (χ4n) is 1.99. The van der Waals surface area contributed by atoms with Gasteiger partial charge in [-0.15, -0.1) is 0 Å².